The molecule has 3 aromatic carbocycles. The van der Waals surface area contributed by atoms with Crippen molar-refractivity contribution in [3.8, 4) is 28.7 Å². The molecule has 2 heterocycles. The fourth-order valence-electron chi connectivity index (χ4n) is 3.37. The Morgan fingerprint density at radius 1 is 0.722 bits per heavy atom. The van der Waals surface area contributed by atoms with E-state index in [-0.39, 0.29) is 6.61 Å². The van der Waals surface area contributed by atoms with Gasteiger partial charge in [-0.2, -0.15) is 0 Å². The summed E-state index contributed by atoms with van der Waals surface area (Å²) < 4.78 is 16.9. The van der Waals surface area contributed by atoms with Gasteiger partial charge in [-0.1, -0.05) is 48.5 Å². The van der Waals surface area contributed by atoms with Crippen LogP contribution in [0.4, 0.5) is 0 Å². The largest absolute Gasteiger partial charge is 0.487 e. The number of aliphatic hydroxyl groups excluding tert-OH is 1. The summed E-state index contributed by atoms with van der Waals surface area (Å²) in [7, 11) is 0. The first-order valence-corrected chi connectivity index (χ1v) is 12.0. The Kier molecular flexibility index (Phi) is 8.55. The summed E-state index contributed by atoms with van der Waals surface area (Å²) >= 11 is 5.71. The van der Waals surface area contributed by atoms with Gasteiger partial charge in [0.1, 0.15) is 29.6 Å². The molecule has 6 nitrogen and oxygen atoms in total. The Bertz CT molecular complexity index is 1360. The van der Waals surface area contributed by atoms with Crippen molar-refractivity contribution in [2.24, 2.45) is 0 Å². The molecule has 0 spiro atoms. The van der Waals surface area contributed by atoms with Gasteiger partial charge < -0.3 is 18.7 Å². The predicted molar refractivity (Wildman–Crippen MR) is 140 cm³/mol. The van der Waals surface area contributed by atoms with Crippen LogP contribution in [-0.2, 0) is 19.1 Å². The Labute approximate surface area is 215 Å². The van der Waals surface area contributed by atoms with E-state index in [1.54, 1.807) is 0 Å². The first-order valence-electron chi connectivity index (χ1n) is 11.5. The number of rotatable bonds is 7. The van der Waals surface area contributed by atoms with Gasteiger partial charge in [0.25, 0.3) is 0 Å². The van der Waals surface area contributed by atoms with Crippen LogP contribution in [0.15, 0.2) is 93.8 Å². The summed E-state index contributed by atoms with van der Waals surface area (Å²) in [5.74, 6) is 3.92. The highest BCUT2D eigenvalue weighted by Gasteiger charge is 2.12. The van der Waals surface area contributed by atoms with Gasteiger partial charge in [0, 0.05) is 11.1 Å². The van der Waals surface area contributed by atoms with Gasteiger partial charge >= 0.3 is 0 Å². The molecule has 5 aromatic rings. The van der Waals surface area contributed by atoms with Gasteiger partial charge in [-0.25, -0.2) is 9.97 Å². The lowest BCUT2D eigenvalue weighted by Crippen LogP contribution is -1.97. The Hall–Kier alpha value is -3.87. The van der Waals surface area contributed by atoms with Crippen molar-refractivity contribution in [3.63, 3.8) is 0 Å². The number of benzene rings is 3. The number of aryl methyl sites for hydroxylation is 2. The van der Waals surface area contributed by atoms with Crippen molar-refractivity contribution in [2.75, 3.05) is 0 Å². The van der Waals surface area contributed by atoms with E-state index in [0.29, 0.717) is 24.3 Å². The average Bonchev–Trinajstić information content (AvgIpc) is 3.51. The first kappa shape index (κ1) is 25.2. The van der Waals surface area contributed by atoms with Crippen LogP contribution in [-0.4, -0.2) is 15.1 Å². The van der Waals surface area contributed by atoms with Gasteiger partial charge in [0.05, 0.1) is 18.2 Å². The topological polar surface area (TPSA) is 81.5 Å². The van der Waals surface area contributed by atoms with Crippen LogP contribution in [0, 0.1) is 13.8 Å². The minimum Gasteiger partial charge on any atom is -0.487 e. The van der Waals surface area contributed by atoms with Crippen molar-refractivity contribution in [3.05, 3.63) is 113 Å². The van der Waals surface area contributed by atoms with Crippen LogP contribution in [0.1, 0.15) is 28.5 Å². The zero-order valence-electron chi connectivity index (χ0n) is 20.1. The quantitative estimate of drug-likeness (QED) is 0.239. The molecule has 36 heavy (non-hydrogen) atoms. The minimum atomic E-state index is 0.0309. The lowest BCUT2D eigenvalue weighted by Gasteiger charge is -2.05. The molecule has 0 amide bonds. The zero-order valence-corrected chi connectivity index (χ0v) is 20.9. The molecule has 184 valence electrons. The fourth-order valence-corrected chi connectivity index (χ4v) is 3.61. The molecular weight excluding hydrogens is 476 g/mol. The number of hydrogen-bond donors (Lipinski definition) is 1. The number of nitrogens with zero attached hydrogens (tertiary/aromatic N) is 2. The minimum absolute atomic E-state index is 0.0309. The number of aliphatic hydroxyl groups is 1. The zero-order chi connectivity index (χ0) is 25.3. The molecule has 2 aromatic heterocycles. The molecule has 0 unspecified atom stereocenters. The molecule has 0 saturated carbocycles. The summed E-state index contributed by atoms with van der Waals surface area (Å²) in [6, 6.07) is 26.9. The smallest absolute Gasteiger partial charge is 0.226 e. The summed E-state index contributed by atoms with van der Waals surface area (Å²) in [6.07, 6.45) is 0. The van der Waals surface area contributed by atoms with Gasteiger partial charge in [0.15, 0.2) is 0 Å². The van der Waals surface area contributed by atoms with Gasteiger partial charge in [0.2, 0.25) is 11.8 Å². The van der Waals surface area contributed by atoms with E-state index in [1.807, 2.05) is 98.8 Å². The van der Waals surface area contributed by atoms with E-state index in [0.717, 1.165) is 45.3 Å². The lowest BCUT2D eigenvalue weighted by molar-refractivity contribution is 0.280. The van der Waals surface area contributed by atoms with E-state index in [4.69, 9.17) is 30.3 Å². The van der Waals surface area contributed by atoms with Gasteiger partial charge in [-0.3, -0.25) is 0 Å². The molecule has 0 fully saturated rings. The number of hydrogen-bond acceptors (Lipinski definition) is 6. The van der Waals surface area contributed by atoms with Crippen molar-refractivity contribution < 1.29 is 18.7 Å². The second-order valence-electron chi connectivity index (χ2n) is 8.00. The maximum Gasteiger partial charge on any atom is 0.226 e. The van der Waals surface area contributed by atoms with Gasteiger partial charge in [-0.15, -0.1) is 11.6 Å². The van der Waals surface area contributed by atoms with E-state index in [9.17, 15) is 0 Å². The summed E-state index contributed by atoms with van der Waals surface area (Å²) in [4.78, 5) is 8.80. The fraction of sp³-hybridized carbons (Fsp3) is 0.172. The van der Waals surface area contributed by atoms with Gasteiger partial charge in [-0.05, 0) is 55.8 Å². The molecule has 5 rings (SSSR count). The molecule has 0 bridgehead atoms. The van der Waals surface area contributed by atoms with E-state index >= 15 is 0 Å². The third-order valence-corrected chi connectivity index (χ3v) is 5.69. The van der Waals surface area contributed by atoms with Crippen molar-refractivity contribution >= 4 is 11.6 Å². The molecule has 0 aliphatic heterocycles. The number of oxazole rings is 2. The van der Waals surface area contributed by atoms with Crippen LogP contribution < -0.4 is 4.74 Å². The third-order valence-electron chi connectivity index (χ3n) is 5.43. The maximum absolute atomic E-state index is 9.02. The highest BCUT2D eigenvalue weighted by Crippen LogP contribution is 2.23. The summed E-state index contributed by atoms with van der Waals surface area (Å²) in [5.41, 5.74) is 4.38. The number of alkyl halides is 1. The van der Waals surface area contributed by atoms with Crippen LogP contribution in [0.3, 0.4) is 0 Å². The molecular formula is C29H27ClN2O4. The highest BCUT2D eigenvalue weighted by molar-refractivity contribution is 6.17. The highest BCUT2D eigenvalue weighted by atomic mass is 35.5. The lowest BCUT2D eigenvalue weighted by atomic mass is 10.2. The summed E-state index contributed by atoms with van der Waals surface area (Å²) in [5, 5.41) is 9.02. The molecule has 0 atom stereocenters. The van der Waals surface area contributed by atoms with Crippen molar-refractivity contribution in [1.82, 2.24) is 9.97 Å². The molecule has 1 N–H and O–H groups in total. The monoisotopic (exact) mass is 502 g/mol. The van der Waals surface area contributed by atoms with Crippen LogP contribution in [0.2, 0.25) is 0 Å². The molecule has 7 heteroatoms. The Morgan fingerprint density at radius 2 is 1.22 bits per heavy atom. The van der Waals surface area contributed by atoms with Crippen LogP contribution in [0.5, 0.6) is 5.75 Å². The second-order valence-corrected chi connectivity index (χ2v) is 8.27. The van der Waals surface area contributed by atoms with E-state index in [2.05, 4.69) is 9.97 Å². The predicted octanol–water partition coefficient (Wildman–Crippen LogP) is 7.11. The van der Waals surface area contributed by atoms with E-state index in [1.165, 1.54) is 0 Å². The molecule has 0 aliphatic carbocycles. The maximum atomic E-state index is 9.02. The Balaban J connectivity index is 0.000000187. The number of halogens is 1. The van der Waals surface area contributed by atoms with Crippen molar-refractivity contribution in [2.45, 2.75) is 32.9 Å². The molecule has 0 saturated heterocycles. The second kappa shape index (κ2) is 12.2. The normalized spacial score (nSPS) is 10.6. The molecule has 0 radical (unpaired) electrons. The van der Waals surface area contributed by atoms with E-state index < -0.39 is 0 Å². The number of aromatic nitrogens is 2. The first-order chi connectivity index (χ1) is 17.6. The standard InChI is InChI=1S/C18H17NO3.C11H10ClNO/c1-13-17(12-21-16-9-7-14(11-20)8-10-16)19-18(22-13)15-5-3-2-4-6-15;1-8-10(7-12)13-11(14-8)9-5-3-2-4-6-9/h2-10,20H,11-12H2,1H3;2-6H,7H2,1H3. The average molecular weight is 503 g/mol. The Morgan fingerprint density at radius 3 is 1.69 bits per heavy atom. The third kappa shape index (κ3) is 6.42. The molecule has 0 aliphatic rings. The van der Waals surface area contributed by atoms with Crippen LogP contribution in [0.25, 0.3) is 22.9 Å². The number of ether oxygens (including phenoxy) is 1. The van der Waals surface area contributed by atoms with Crippen molar-refractivity contribution in [1.29, 1.82) is 0 Å². The van der Waals surface area contributed by atoms with Crippen LogP contribution >= 0.6 is 11.6 Å². The SMILES string of the molecule is Cc1oc(-c2ccccc2)nc1CCl.Cc1oc(-c2ccccc2)nc1COc1ccc(CO)cc1. The summed E-state index contributed by atoms with van der Waals surface area (Å²) in [6.45, 7) is 4.13.